The fourth-order valence-corrected chi connectivity index (χ4v) is 2.48. The first-order chi connectivity index (χ1) is 6.24. The van der Waals surface area contributed by atoms with Gasteiger partial charge in [-0.1, -0.05) is 29.8 Å². The van der Waals surface area contributed by atoms with Gasteiger partial charge in [0.25, 0.3) is 0 Å². The van der Waals surface area contributed by atoms with E-state index in [1.165, 1.54) is 11.3 Å². The Morgan fingerprint density at radius 1 is 1.46 bits per heavy atom. The zero-order chi connectivity index (χ0) is 9.42. The second-order valence-corrected chi connectivity index (χ2v) is 4.05. The molecule has 0 aliphatic carbocycles. The van der Waals surface area contributed by atoms with Crippen molar-refractivity contribution < 1.29 is 4.79 Å². The van der Waals surface area contributed by atoms with Crippen LogP contribution in [0.1, 0.15) is 10.4 Å². The van der Waals surface area contributed by atoms with E-state index in [9.17, 15) is 4.79 Å². The first kappa shape index (κ1) is 8.53. The van der Waals surface area contributed by atoms with Crippen LogP contribution in [-0.2, 0) is 0 Å². The average molecular weight is 212 g/mol. The number of halogens is 1. The summed E-state index contributed by atoms with van der Waals surface area (Å²) in [6.07, 6.45) is 0.814. The third-order valence-corrected chi connectivity index (χ3v) is 3.44. The first-order valence-electron chi connectivity index (χ1n) is 3.65. The lowest BCUT2D eigenvalue weighted by molar-refractivity contribution is 0.112. The van der Waals surface area contributed by atoms with Gasteiger partial charge in [-0.05, 0) is 0 Å². The number of rotatable bonds is 1. The number of fused-ring (bicyclic) bond motifs is 1. The summed E-state index contributed by atoms with van der Waals surface area (Å²) in [6, 6.07) is 5.41. The van der Waals surface area contributed by atoms with Gasteiger partial charge < -0.3 is 5.73 Å². The molecule has 66 valence electrons. The molecule has 2 rings (SSSR count). The molecule has 13 heavy (non-hydrogen) atoms. The van der Waals surface area contributed by atoms with Crippen LogP contribution in [0.25, 0.3) is 10.1 Å². The lowest BCUT2D eigenvalue weighted by Gasteiger charge is -1.91. The minimum atomic E-state index is 0.545. The molecule has 2 aromatic rings. The summed E-state index contributed by atoms with van der Waals surface area (Å²) in [5.74, 6) is 0. The molecule has 0 bridgehead atoms. The van der Waals surface area contributed by atoms with E-state index in [2.05, 4.69) is 0 Å². The lowest BCUT2D eigenvalue weighted by Crippen LogP contribution is -1.77. The predicted molar refractivity (Wildman–Crippen MR) is 56.6 cm³/mol. The molecule has 2 N–H and O–H groups in total. The van der Waals surface area contributed by atoms with Crippen molar-refractivity contribution >= 4 is 44.3 Å². The molecule has 0 unspecified atom stereocenters. The van der Waals surface area contributed by atoms with Crippen molar-refractivity contribution in [3.05, 3.63) is 28.8 Å². The number of carbonyl (C=O) groups excluding carboxylic acids is 1. The van der Waals surface area contributed by atoms with Crippen LogP contribution in [0.4, 0.5) is 5.00 Å². The maximum atomic E-state index is 10.7. The summed E-state index contributed by atoms with van der Waals surface area (Å²) in [6.45, 7) is 0. The molecule has 0 saturated carbocycles. The van der Waals surface area contributed by atoms with Gasteiger partial charge in [-0.15, -0.1) is 11.3 Å². The molecule has 2 nitrogen and oxygen atoms in total. The van der Waals surface area contributed by atoms with Crippen LogP contribution in [-0.4, -0.2) is 6.29 Å². The Balaban J connectivity index is 2.92. The van der Waals surface area contributed by atoms with E-state index in [4.69, 9.17) is 17.3 Å². The molecule has 1 aromatic heterocycles. The molecule has 0 atom stereocenters. The smallest absolute Gasteiger partial charge is 0.151 e. The Kier molecular flexibility index (Phi) is 1.98. The number of nitrogens with two attached hydrogens (primary N) is 1. The van der Waals surface area contributed by atoms with E-state index in [1.54, 1.807) is 12.1 Å². The highest BCUT2D eigenvalue weighted by Crippen LogP contribution is 2.38. The number of hydrogen-bond donors (Lipinski definition) is 1. The minimum absolute atomic E-state index is 0.545. The standard InChI is InChI=1S/C9H6ClNOS/c10-7-6-3-1-2-5(4-12)8(6)13-9(7)11/h1-4H,11H2. The Morgan fingerprint density at radius 3 is 2.92 bits per heavy atom. The predicted octanol–water partition coefficient (Wildman–Crippen LogP) is 2.95. The quantitative estimate of drug-likeness (QED) is 0.737. The third kappa shape index (κ3) is 1.20. The van der Waals surface area contributed by atoms with Crippen LogP contribution in [0.5, 0.6) is 0 Å². The fraction of sp³-hybridized carbons (Fsp3) is 0. The molecule has 1 heterocycles. The molecule has 0 amide bonds. The molecular weight excluding hydrogens is 206 g/mol. The van der Waals surface area contributed by atoms with Crippen LogP contribution in [0.3, 0.4) is 0 Å². The molecular formula is C9H6ClNOS. The Labute approximate surface area is 83.9 Å². The molecule has 4 heteroatoms. The van der Waals surface area contributed by atoms with Gasteiger partial charge in [0.2, 0.25) is 0 Å². The third-order valence-electron chi connectivity index (χ3n) is 1.84. The van der Waals surface area contributed by atoms with E-state index in [0.717, 1.165) is 16.4 Å². The summed E-state index contributed by atoms with van der Waals surface area (Å²) in [7, 11) is 0. The maximum absolute atomic E-state index is 10.7. The van der Waals surface area contributed by atoms with Crippen LogP contribution >= 0.6 is 22.9 Å². The van der Waals surface area contributed by atoms with Gasteiger partial charge in [-0.25, -0.2) is 0 Å². The fourth-order valence-electron chi connectivity index (χ4n) is 1.22. The Hall–Kier alpha value is -1.06. The molecule has 0 saturated heterocycles. The van der Waals surface area contributed by atoms with Crippen molar-refractivity contribution in [2.45, 2.75) is 0 Å². The number of thiophene rings is 1. The van der Waals surface area contributed by atoms with Crippen molar-refractivity contribution in [1.29, 1.82) is 0 Å². The lowest BCUT2D eigenvalue weighted by atomic mass is 10.2. The first-order valence-corrected chi connectivity index (χ1v) is 4.85. The summed E-state index contributed by atoms with van der Waals surface area (Å²) < 4.78 is 0.861. The zero-order valence-electron chi connectivity index (χ0n) is 6.58. The zero-order valence-corrected chi connectivity index (χ0v) is 8.15. The number of hydrogen-bond acceptors (Lipinski definition) is 3. The number of anilines is 1. The van der Waals surface area contributed by atoms with Crippen molar-refractivity contribution in [3.8, 4) is 0 Å². The monoisotopic (exact) mass is 211 g/mol. The van der Waals surface area contributed by atoms with Gasteiger partial charge in [0, 0.05) is 15.6 Å². The number of nitrogen functional groups attached to an aromatic ring is 1. The summed E-state index contributed by atoms with van der Waals surface area (Å²) in [5, 5.41) is 1.96. The highest BCUT2D eigenvalue weighted by Gasteiger charge is 2.09. The van der Waals surface area contributed by atoms with Gasteiger partial charge in [-0.2, -0.15) is 0 Å². The van der Waals surface area contributed by atoms with Crippen LogP contribution in [0.15, 0.2) is 18.2 Å². The van der Waals surface area contributed by atoms with Crippen molar-refractivity contribution in [2.24, 2.45) is 0 Å². The summed E-state index contributed by atoms with van der Waals surface area (Å²) in [4.78, 5) is 10.7. The second kappa shape index (κ2) is 3.01. The van der Waals surface area contributed by atoms with Crippen molar-refractivity contribution in [1.82, 2.24) is 0 Å². The average Bonchev–Trinajstić information content (AvgIpc) is 2.43. The summed E-state index contributed by atoms with van der Waals surface area (Å²) in [5.41, 5.74) is 6.29. The SMILES string of the molecule is Nc1sc2c(C=O)cccc2c1Cl. The molecule has 0 fully saturated rings. The van der Waals surface area contributed by atoms with Crippen molar-refractivity contribution in [3.63, 3.8) is 0 Å². The highest BCUT2D eigenvalue weighted by atomic mass is 35.5. The van der Waals surface area contributed by atoms with Gasteiger partial charge in [-0.3, -0.25) is 4.79 Å². The van der Waals surface area contributed by atoms with E-state index < -0.39 is 0 Å². The molecule has 0 spiro atoms. The Morgan fingerprint density at radius 2 is 2.23 bits per heavy atom. The van der Waals surface area contributed by atoms with E-state index in [-0.39, 0.29) is 0 Å². The van der Waals surface area contributed by atoms with Gasteiger partial charge in [0.1, 0.15) is 5.00 Å². The van der Waals surface area contributed by atoms with Gasteiger partial charge >= 0.3 is 0 Å². The Bertz CT molecular complexity index is 478. The highest BCUT2D eigenvalue weighted by molar-refractivity contribution is 7.23. The molecule has 0 aliphatic heterocycles. The minimum Gasteiger partial charge on any atom is -0.389 e. The van der Waals surface area contributed by atoms with E-state index in [1.807, 2.05) is 6.07 Å². The van der Waals surface area contributed by atoms with Crippen LogP contribution in [0.2, 0.25) is 5.02 Å². The van der Waals surface area contributed by atoms with E-state index >= 15 is 0 Å². The molecule has 1 aromatic carbocycles. The maximum Gasteiger partial charge on any atom is 0.151 e. The molecule has 0 radical (unpaired) electrons. The van der Waals surface area contributed by atoms with Crippen molar-refractivity contribution in [2.75, 3.05) is 5.73 Å². The van der Waals surface area contributed by atoms with Crippen LogP contribution < -0.4 is 5.73 Å². The number of aldehydes is 1. The number of carbonyl (C=O) groups is 1. The van der Waals surface area contributed by atoms with Crippen LogP contribution in [0, 0.1) is 0 Å². The largest absolute Gasteiger partial charge is 0.389 e. The van der Waals surface area contributed by atoms with Gasteiger partial charge in [0.15, 0.2) is 6.29 Å². The summed E-state index contributed by atoms with van der Waals surface area (Å²) >= 11 is 7.28. The number of benzene rings is 1. The second-order valence-electron chi connectivity index (χ2n) is 2.62. The van der Waals surface area contributed by atoms with Gasteiger partial charge in [0.05, 0.1) is 5.02 Å². The normalized spacial score (nSPS) is 10.5. The molecule has 0 aliphatic rings. The topological polar surface area (TPSA) is 43.1 Å². The van der Waals surface area contributed by atoms with E-state index in [0.29, 0.717) is 15.6 Å².